The van der Waals surface area contributed by atoms with E-state index in [9.17, 15) is 24.3 Å². The molecule has 37 heavy (non-hydrogen) atoms. The second-order valence-corrected chi connectivity index (χ2v) is 11.2. The lowest BCUT2D eigenvalue weighted by atomic mass is 9.54. The van der Waals surface area contributed by atoms with Gasteiger partial charge in [0.05, 0.1) is 17.4 Å². The maximum Gasteiger partial charge on any atom is 0.312 e. The van der Waals surface area contributed by atoms with Gasteiger partial charge in [-0.2, -0.15) is 0 Å². The van der Waals surface area contributed by atoms with E-state index in [4.69, 9.17) is 35.3 Å². The van der Waals surface area contributed by atoms with Crippen molar-refractivity contribution in [2.24, 2.45) is 23.2 Å². The zero-order valence-corrected chi connectivity index (χ0v) is 22.4. The van der Waals surface area contributed by atoms with E-state index in [1.165, 1.54) is 27.7 Å². The Morgan fingerprint density at radius 2 is 1.65 bits per heavy atom. The number of fused-ring (bicyclic) bond motifs is 4. The normalized spacial score (nSPS) is 47.4. The molecule has 3 fully saturated rings. The fourth-order valence-corrected chi connectivity index (χ4v) is 6.92. The molecule has 0 aromatic rings. The van der Waals surface area contributed by atoms with Gasteiger partial charge in [-0.05, 0) is 18.6 Å². The molecule has 0 aromatic heterocycles. The Balaban J connectivity index is 2.00. The van der Waals surface area contributed by atoms with E-state index in [0.29, 0.717) is 5.57 Å². The molecule has 2 heterocycles. The lowest BCUT2D eigenvalue weighted by molar-refractivity contribution is -0.222. The van der Waals surface area contributed by atoms with Gasteiger partial charge >= 0.3 is 23.9 Å². The first-order chi connectivity index (χ1) is 17.1. The highest BCUT2D eigenvalue weighted by atomic mass is 35.5. The number of carbonyl (C=O) groups excluding carboxylic acids is 4. The molecular weight excluding hydrogens is 508 g/mol. The zero-order chi connectivity index (χ0) is 27.6. The molecule has 1 unspecified atom stereocenters. The summed E-state index contributed by atoms with van der Waals surface area (Å²) in [6, 6.07) is 0. The number of hydrogen-bond acceptors (Lipinski definition) is 10. The molecule has 4 aliphatic rings. The van der Waals surface area contributed by atoms with Gasteiger partial charge < -0.3 is 28.8 Å². The third-order valence-electron chi connectivity index (χ3n) is 8.40. The van der Waals surface area contributed by atoms with Crippen LogP contribution in [0.15, 0.2) is 24.3 Å². The summed E-state index contributed by atoms with van der Waals surface area (Å²) in [4.78, 5) is 49.6. The van der Waals surface area contributed by atoms with Crippen LogP contribution in [-0.2, 0) is 42.9 Å². The van der Waals surface area contributed by atoms with Gasteiger partial charge in [-0.3, -0.25) is 19.2 Å². The van der Waals surface area contributed by atoms with Crippen LogP contribution in [0.5, 0.6) is 0 Å². The molecule has 2 aliphatic carbocycles. The Bertz CT molecular complexity index is 1060. The molecule has 0 spiro atoms. The Morgan fingerprint density at radius 3 is 2.22 bits per heavy atom. The molecule has 0 bridgehead atoms. The number of rotatable bonds is 3. The molecule has 12 atom stereocenters. The fourth-order valence-electron chi connectivity index (χ4n) is 6.60. The molecule has 0 aromatic carbocycles. The summed E-state index contributed by atoms with van der Waals surface area (Å²) in [6.07, 6.45) is -2.31. The molecule has 1 saturated carbocycles. The van der Waals surface area contributed by atoms with E-state index >= 15 is 0 Å². The van der Waals surface area contributed by atoms with Gasteiger partial charge in [-0.25, -0.2) is 0 Å². The number of halogens is 1. The molecule has 10 nitrogen and oxygen atoms in total. The molecule has 11 heteroatoms. The standard InChI is InChI=1S/C26H33ClO10/c1-10-8-9-16(33-13(4)28)25(7)17(11(2)19(34-14(5)29)20-23(25)36-20)21(35-15(6)30)26(32)12(3)24(31)37-22(26)18(10)27/h8-9,11-12,16-23,32H,1H2,2-7H3/b9-8+/t11-,12+,16+,17-,18+,19-,20+,21?,22+,23+,25-,26-/m1/s1. The van der Waals surface area contributed by atoms with E-state index < -0.39 is 94.6 Å². The minimum atomic E-state index is -2.10. The Kier molecular flexibility index (Phi) is 7.01. The first-order valence-electron chi connectivity index (χ1n) is 12.3. The van der Waals surface area contributed by atoms with Crippen LogP contribution >= 0.6 is 11.6 Å². The van der Waals surface area contributed by atoms with Crippen LogP contribution in [0.2, 0.25) is 0 Å². The van der Waals surface area contributed by atoms with E-state index in [-0.39, 0.29) is 0 Å². The predicted molar refractivity (Wildman–Crippen MR) is 128 cm³/mol. The second-order valence-electron chi connectivity index (χ2n) is 10.7. The van der Waals surface area contributed by atoms with Crippen molar-refractivity contribution in [3.63, 3.8) is 0 Å². The van der Waals surface area contributed by atoms with Crippen LogP contribution in [0.1, 0.15) is 41.5 Å². The van der Waals surface area contributed by atoms with Crippen LogP contribution in [0.25, 0.3) is 0 Å². The highest BCUT2D eigenvalue weighted by Gasteiger charge is 2.75. The highest BCUT2D eigenvalue weighted by molar-refractivity contribution is 6.23. The van der Waals surface area contributed by atoms with Crippen LogP contribution < -0.4 is 0 Å². The smallest absolute Gasteiger partial charge is 0.312 e. The summed E-state index contributed by atoms with van der Waals surface area (Å²) in [5.74, 6) is -5.12. The molecule has 0 radical (unpaired) electrons. The first kappa shape index (κ1) is 27.6. The monoisotopic (exact) mass is 540 g/mol. The third-order valence-corrected chi connectivity index (χ3v) is 8.91. The number of hydrogen-bond donors (Lipinski definition) is 1. The fraction of sp³-hybridized carbons (Fsp3) is 0.692. The van der Waals surface area contributed by atoms with Crippen LogP contribution in [-0.4, -0.2) is 76.6 Å². The molecule has 204 valence electrons. The van der Waals surface area contributed by atoms with E-state index in [1.807, 2.05) is 0 Å². The zero-order valence-electron chi connectivity index (χ0n) is 21.6. The van der Waals surface area contributed by atoms with Crippen LogP contribution in [0.3, 0.4) is 0 Å². The molecule has 1 N–H and O–H groups in total. The van der Waals surface area contributed by atoms with Crippen molar-refractivity contribution >= 4 is 35.5 Å². The van der Waals surface area contributed by atoms with Crippen molar-refractivity contribution in [2.75, 3.05) is 0 Å². The number of aliphatic hydroxyl groups is 1. The maximum absolute atomic E-state index is 12.8. The molecular formula is C26H33ClO10. The number of alkyl halides is 1. The van der Waals surface area contributed by atoms with E-state index in [1.54, 1.807) is 26.0 Å². The van der Waals surface area contributed by atoms with Crippen molar-refractivity contribution in [3.05, 3.63) is 24.3 Å². The Labute approximate surface area is 220 Å². The Hall–Kier alpha value is -2.43. The van der Waals surface area contributed by atoms with Gasteiger partial charge in [0.25, 0.3) is 0 Å². The minimum absolute atomic E-state index is 0.294. The van der Waals surface area contributed by atoms with Crippen molar-refractivity contribution in [1.82, 2.24) is 0 Å². The van der Waals surface area contributed by atoms with Gasteiger partial charge in [-0.15, -0.1) is 11.6 Å². The molecule has 2 saturated heterocycles. The van der Waals surface area contributed by atoms with Crippen LogP contribution in [0.4, 0.5) is 0 Å². The van der Waals surface area contributed by atoms with Gasteiger partial charge in [0.2, 0.25) is 0 Å². The second kappa shape index (κ2) is 9.39. The van der Waals surface area contributed by atoms with Crippen LogP contribution in [0, 0.1) is 23.2 Å². The predicted octanol–water partition coefficient (Wildman–Crippen LogP) is 1.85. The van der Waals surface area contributed by atoms with Crippen molar-refractivity contribution < 1.29 is 48.0 Å². The number of carbonyl (C=O) groups is 4. The lowest BCUT2D eigenvalue weighted by Crippen LogP contribution is -2.68. The average molecular weight is 541 g/mol. The van der Waals surface area contributed by atoms with Crippen molar-refractivity contribution in [3.8, 4) is 0 Å². The number of ether oxygens (including phenoxy) is 5. The summed E-state index contributed by atoms with van der Waals surface area (Å²) in [5, 5.41) is 11.3. The van der Waals surface area contributed by atoms with E-state index in [2.05, 4.69) is 6.58 Å². The molecule has 0 amide bonds. The number of esters is 4. The number of allylic oxidation sites excluding steroid dienone is 1. The van der Waals surface area contributed by atoms with Gasteiger partial charge in [0.15, 0.2) is 11.7 Å². The summed E-state index contributed by atoms with van der Waals surface area (Å²) in [7, 11) is 0. The summed E-state index contributed by atoms with van der Waals surface area (Å²) in [6.45, 7) is 12.8. The quantitative estimate of drug-likeness (QED) is 0.244. The maximum atomic E-state index is 12.8. The summed E-state index contributed by atoms with van der Waals surface area (Å²) >= 11 is 6.70. The SMILES string of the molecule is C=C1/C=C/[C@H](OC(C)=O)[C@@]2(C)[C@H]3O[C@H]3[C@H](OC(C)=O)[C@H](C)[C@@H]2C(OC(C)=O)[C@]2(O)[C@@H](C)C(=O)O[C@H]2[C@H]1Cl. The van der Waals surface area contributed by atoms with Crippen molar-refractivity contribution in [2.45, 2.75) is 89.1 Å². The van der Waals surface area contributed by atoms with Gasteiger partial charge in [0, 0.05) is 38.0 Å². The first-order valence-corrected chi connectivity index (χ1v) is 12.7. The number of epoxide rings is 1. The summed E-state index contributed by atoms with van der Waals surface area (Å²) in [5.41, 5.74) is -2.91. The third kappa shape index (κ3) is 4.27. The topological polar surface area (TPSA) is 138 Å². The Morgan fingerprint density at radius 1 is 1.05 bits per heavy atom. The molecule has 4 rings (SSSR count). The van der Waals surface area contributed by atoms with Gasteiger partial charge in [0.1, 0.15) is 24.4 Å². The molecule has 2 aliphatic heterocycles. The average Bonchev–Trinajstić information content (AvgIpc) is 3.57. The van der Waals surface area contributed by atoms with Gasteiger partial charge in [-0.1, -0.05) is 26.5 Å². The summed E-state index contributed by atoms with van der Waals surface area (Å²) < 4.78 is 28.9. The largest absolute Gasteiger partial charge is 0.459 e. The highest BCUT2D eigenvalue weighted by Crippen LogP contribution is 2.61. The van der Waals surface area contributed by atoms with E-state index in [0.717, 1.165) is 0 Å². The minimum Gasteiger partial charge on any atom is -0.459 e. The lowest BCUT2D eigenvalue weighted by Gasteiger charge is -2.54. The van der Waals surface area contributed by atoms with Crippen molar-refractivity contribution in [1.29, 1.82) is 0 Å².